The van der Waals surface area contributed by atoms with Crippen LogP contribution in [0.25, 0.3) is 21.5 Å². The second-order valence-electron chi connectivity index (χ2n) is 8.42. The maximum Gasteiger partial charge on any atom is 0.471 e. The summed E-state index contributed by atoms with van der Waals surface area (Å²) in [5.74, 6) is -3.68. The summed E-state index contributed by atoms with van der Waals surface area (Å²) in [6, 6.07) is 16.3. The molecule has 2 unspecified atom stereocenters. The molecule has 8 heteroatoms. The zero-order valence-electron chi connectivity index (χ0n) is 18.0. The van der Waals surface area contributed by atoms with Gasteiger partial charge in [-0.3, -0.25) is 19.6 Å². The number of nitrogens with one attached hydrogen (secondary N) is 1. The maximum absolute atomic E-state index is 13.0. The van der Waals surface area contributed by atoms with Crippen molar-refractivity contribution in [3.8, 4) is 0 Å². The minimum Gasteiger partial charge on any atom is -0.341 e. The van der Waals surface area contributed by atoms with E-state index in [1.54, 1.807) is 11.5 Å². The fraction of sp³-hybridized carbons (Fsp3) is 0.231. The molecule has 0 saturated carbocycles. The van der Waals surface area contributed by atoms with Crippen molar-refractivity contribution in [1.82, 2.24) is 15.3 Å². The van der Waals surface area contributed by atoms with E-state index in [1.165, 1.54) is 12.4 Å². The minimum atomic E-state index is -5.04. The molecule has 1 N–H and O–H groups in total. The fourth-order valence-corrected chi connectivity index (χ4v) is 5.00. The van der Waals surface area contributed by atoms with E-state index in [0.29, 0.717) is 18.5 Å². The lowest BCUT2D eigenvalue weighted by Crippen LogP contribution is -2.42. The maximum atomic E-state index is 13.0. The van der Waals surface area contributed by atoms with Crippen LogP contribution >= 0.6 is 0 Å². The molecular weight excluding hydrogens is 443 g/mol. The number of carbonyl (C=O) groups is 2. The van der Waals surface area contributed by atoms with Crippen molar-refractivity contribution in [1.29, 1.82) is 0 Å². The van der Waals surface area contributed by atoms with Crippen molar-refractivity contribution in [2.45, 2.75) is 24.9 Å². The Morgan fingerprint density at radius 1 is 0.971 bits per heavy atom. The van der Waals surface area contributed by atoms with E-state index in [0.717, 1.165) is 32.7 Å². The Balaban J connectivity index is 1.57. The van der Waals surface area contributed by atoms with Crippen LogP contribution in [0.3, 0.4) is 0 Å². The zero-order chi connectivity index (χ0) is 23.9. The largest absolute Gasteiger partial charge is 0.471 e. The van der Waals surface area contributed by atoms with Gasteiger partial charge in [0.25, 0.3) is 0 Å². The van der Waals surface area contributed by atoms with E-state index in [9.17, 15) is 22.8 Å². The van der Waals surface area contributed by atoms with Crippen molar-refractivity contribution >= 4 is 33.2 Å². The lowest BCUT2D eigenvalue weighted by Gasteiger charge is -2.33. The number of rotatable bonds is 4. The van der Waals surface area contributed by atoms with E-state index in [4.69, 9.17) is 0 Å². The smallest absolute Gasteiger partial charge is 0.341 e. The molecule has 1 heterocycles. The van der Waals surface area contributed by atoms with Gasteiger partial charge in [0.15, 0.2) is 5.78 Å². The van der Waals surface area contributed by atoms with Gasteiger partial charge >= 0.3 is 12.1 Å². The standard InChI is InChI=1S/C26H20F3N3O2/c27-26(28,29)25(34)32-14-23(33)21-10-8-19-18-6-5-15-3-1-2-4-16(15)17(18)7-9-20(19)24(21)22-13-30-11-12-31-22/h1-7,9,11-13,21,24H,8,10,14H2,(H,32,34). The topological polar surface area (TPSA) is 72.0 Å². The summed E-state index contributed by atoms with van der Waals surface area (Å²) in [5.41, 5.74) is 2.58. The molecule has 172 valence electrons. The van der Waals surface area contributed by atoms with E-state index >= 15 is 0 Å². The molecule has 0 saturated heterocycles. The van der Waals surface area contributed by atoms with Crippen molar-refractivity contribution in [3.63, 3.8) is 0 Å². The van der Waals surface area contributed by atoms with E-state index in [-0.39, 0.29) is 0 Å². The normalized spacial score (nSPS) is 18.0. The van der Waals surface area contributed by atoms with Crippen LogP contribution in [0.15, 0.2) is 67.1 Å². The van der Waals surface area contributed by atoms with Crippen molar-refractivity contribution < 1.29 is 22.8 Å². The number of halogens is 3. The monoisotopic (exact) mass is 463 g/mol. The molecule has 4 aromatic rings. The number of benzene rings is 3. The highest BCUT2D eigenvalue weighted by atomic mass is 19.4. The predicted molar refractivity (Wildman–Crippen MR) is 121 cm³/mol. The third-order valence-electron chi connectivity index (χ3n) is 6.51. The number of aryl methyl sites for hydroxylation is 1. The number of hydrogen-bond acceptors (Lipinski definition) is 4. The van der Waals surface area contributed by atoms with Gasteiger partial charge in [-0.05, 0) is 45.5 Å². The molecule has 1 aliphatic rings. The molecule has 3 aromatic carbocycles. The van der Waals surface area contributed by atoms with Gasteiger partial charge in [0.1, 0.15) is 0 Å². The summed E-state index contributed by atoms with van der Waals surface area (Å²) in [4.78, 5) is 32.8. The molecular formula is C26H20F3N3O2. The third-order valence-corrected chi connectivity index (χ3v) is 6.51. The SMILES string of the molecule is O=C(CNC(=O)C(F)(F)F)C1CCc2c(ccc3c2ccc2ccccc23)C1c1cnccn1. The first kappa shape index (κ1) is 22.0. The minimum absolute atomic E-state index is 0.431. The lowest BCUT2D eigenvalue weighted by molar-refractivity contribution is -0.173. The number of ketones is 1. The number of nitrogens with zero attached hydrogens (tertiary/aromatic N) is 2. The van der Waals surface area contributed by atoms with Crippen molar-refractivity contribution in [3.05, 3.63) is 83.9 Å². The highest BCUT2D eigenvalue weighted by molar-refractivity contribution is 6.09. The molecule has 34 heavy (non-hydrogen) atoms. The Bertz CT molecular complexity index is 1400. The Morgan fingerprint density at radius 3 is 2.53 bits per heavy atom. The van der Waals surface area contributed by atoms with Crippen LogP contribution in [0.2, 0.25) is 0 Å². The lowest BCUT2D eigenvalue weighted by atomic mass is 9.70. The Morgan fingerprint density at radius 2 is 1.76 bits per heavy atom. The molecule has 0 aliphatic heterocycles. The summed E-state index contributed by atoms with van der Waals surface area (Å²) in [5, 5.41) is 6.17. The highest BCUT2D eigenvalue weighted by Crippen LogP contribution is 2.44. The quantitative estimate of drug-likeness (QED) is 0.445. The van der Waals surface area contributed by atoms with Crippen LogP contribution in [-0.4, -0.2) is 34.4 Å². The highest BCUT2D eigenvalue weighted by Gasteiger charge is 2.41. The molecule has 0 fully saturated rings. The molecule has 1 aliphatic carbocycles. The van der Waals surface area contributed by atoms with Gasteiger partial charge in [-0.15, -0.1) is 0 Å². The number of amides is 1. The third kappa shape index (κ3) is 3.89. The summed E-state index contributed by atoms with van der Waals surface area (Å²) in [7, 11) is 0. The molecule has 2 atom stereocenters. The molecule has 5 rings (SSSR count). The van der Waals surface area contributed by atoms with E-state index in [2.05, 4.69) is 34.2 Å². The first-order valence-electron chi connectivity index (χ1n) is 10.9. The second kappa shape index (κ2) is 8.52. The molecule has 1 aromatic heterocycles. The number of alkyl halides is 3. The van der Waals surface area contributed by atoms with Crippen LogP contribution in [0.5, 0.6) is 0 Å². The number of Topliss-reactive ketones (excluding diaryl/α,β-unsaturated/α-hetero) is 1. The molecule has 1 amide bonds. The van der Waals surface area contributed by atoms with E-state index in [1.807, 2.05) is 24.3 Å². The Hall–Kier alpha value is -3.81. The predicted octanol–water partition coefficient (Wildman–Crippen LogP) is 4.72. The Kier molecular flexibility index (Phi) is 5.51. The Labute approximate surface area is 193 Å². The number of aromatic nitrogens is 2. The summed E-state index contributed by atoms with van der Waals surface area (Å²) < 4.78 is 37.8. The fourth-order valence-electron chi connectivity index (χ4n) is 5.00. The van der Waals surface area contributed by atoms with Crippen molar-refractivity contribution in [2.24, 2.45) is 5.92 Å². The summed E-state index contributed by atoms with van der Waals surface area (Å²) in [6.07, 6.45) is 0.627. The molecule has 0 bridgehead atoms. The van der Waals surface area contributed by atoms with Gasteiger partial charge in [-0.1, -0.05) is 48.5 Å². The molecule has 0 radical (unpaired) electrons. The van der Waals surface area contributed by atoms with Crippen LogP contribution < -0.4 is 5.32 Å². The first-order valence-corrected chi connectivity index (χ1v) is 10.9. The van der Waals surface area contributed by atoms with Gasteiger partial charge in [-0.2, -0.15) is 13.2 Å². The average molecular weight is 463 g/mol. The molecule has 5 nitrogen and oxygen atoms in total. The van der Waals surface area contributed by atoms with Gasteiger partial charge in [-0.25, -0.2) is 0 Å². The number of fused-ring (bicyclic) bond motifs is 5. The van der Waals surface area contributed by atoms with Crippen LogP contribution in [-0.2, 0) is 16.0 Å². The van der Waals surface area contributed by atoms with Crippen LogP contribution in [0.1, 0.15) is 29.2 Å². The van der Waals surface area contributed by atoms with E-state index < -0.39 is 36.2 Å². The average Bonchev–Trinajstić information content (AvgIpc) is 2.85. The van der Waals surface area contributed by atoms with Crippen LogP contribution in [0.4, 0.5) is 13.2 Å². The molecule has 0 spiro atoms. The first-order chi connectivity index (χ1) is 16.3. The summed E-state index contributed by atoms with van der Waals surface area (Å²) >= 11 is 0. The van der Waals surface area contributed by atoms with Gasteiger partial charge in [0, 0.05) is 30.4 Å². The van der Waals surface area contributed by atoms with Crippen LogP contribution in [0, 0.1) is 5.92 Å². The van der Waals surface area contributed by atoms with Gasteiger partial charge in [0.2, 0.25) is 0 Å². The van der Waals surface area contributed by atoms with Crippen molar-refractivity contribution in [2.75, 3.05) is 6.54 Å². The summed E-state index contributed by atoms with van der Waals surface area (Å²) in [6.45, 7) is -0.687. The second-order valence-corrected chi connectivity index (χ2v) is 8.42. The van der Waals surface area contributed by atoms with Gasteiger partial charge in [0.05, 0.1) is 12.2 Å². The van der Waals surface area contributed by atoms with Gasteiger partial charge < -0.3 is 5.32 Å². The number of hydrogen-bond donors (Lipinski definition) is 1. The zero-order valence-corrected chi connectivity index (χ0v) is 18.0. The number of carbonyl (C=O) groups excluding carboxylic acids is 2.